The van der Waals surface area contributed by atoms with Crippen molar-refractivity contribution in [3.05, 3.63) is 33.1 Å². The van der Waals surface area contributed by atoms with Crippen molar-refractivity contribution in [2.24, 2.45) is 0 Å². The van der Waals surface area contributed by atoms with Crippen LogP contribution in [0.3, 0.4) is 0 Å². The second kappa shape index (κ2) is 3.09. The highest BCUT2D eigenvalue weighted by Crippen LogP contribution is 2.11. The smallest absolute Gasteiger partial charge is 0.356 e. The molecule has 0 atom stereocenters. The van der Waals surface area contributed by atoms with Crippen LogP contribution in [-0.4, -0.2) is 25.4 Å². The number of carbonyl (C=O) groups is 1. The molecule has 0 saturated carbocycles. The van der Waals surface area contributed by atoms with Gasteiger partial charge in [-0.25, -0.2) is 19.0 Å². The molecule has 0 saturated heterocycles. The molecule has 0 aromatic carbocycles. The third-order valence-electron chi connectivity index (χ3n) is 2.02. The zero-order chi connectivity index (χ0) is 11.2. The Morgan fingerprint density at radius 1 is 1.67 bits per heavy atom. The third-order valence-corrected chi connectivity index (χ3v) is 2.23. The number of H-pyrrole nitrogens is 1. The number of aromatic carboxylic acids is 1. The summed E-state index contributed by atoms with van der Waals surface area (Å²) in [5.41, 5.74) is -0.160. The average molecular weight is 228 g/mol. The first-order valence-corrected chi connectivity index (χ1v) is 4.39. The van der Waals surface area contributed by atoms with E-state index in [0.717, 1.165) is 4.40 Å². The van der Waals surface area contributed by atoms with Gasteiger partial charge in [-0.15, -0.1) is 0 Å². The summed E-state index contributed by atoms with van der Waals surface area (Å²) in [6, 6.07) is 1.39. The first-order chi connectivity index (χ1) is 7.00. The Morgan fingerprint density at radius 2 is 2.33 bits per heavy atom. The highest BCUT2D eigenvalue weighted by molar-refractivity contribution is 6.29. The molecule has 2 N–H and O–H groups in total. The molecule has 0 aliphatic carbocycles. The molecule has 7 heteroatoms. The van der Waals surface area contributed by atoms with E-state index in [2.05, 4.69) is 9.97 Å². The van der Waals surface area contributed by atoms with E-state index in [1.165, 1.54) is 13.0 Å². The third kappa shape index (κ3) is 1.39. The van der Waals surface area contributed by atoms with Crippen LogP contribution >= 0.6 is 11.6 Å². The molecule has 0 aliphatic heterocycles. The zero-order valence-electron chi connectivity index (χ0n) is 7.61. The number of aromatic nitrogens is 3. The molecule has 6 nitrogen and oxygen atoms in total. The van der Waals surface area contributed by atoms with E-state index in [1.807, 2.05) is 0 Å². The van der Waals surface area contributed by atoms with Gasteiger partial charge in [0.05, 0.1) is 5.69 Å². The van der Waals surface area contributed by atoms with E-state index in [0.29, 0.717) is 0 Å². The fourth-order valence-corrected chi connectivity index (χ4v) is 1.56. The first-order valence-electron chi connectivity index (χ1n) is 4.02. The van der Waals surface area contributed by atoms with Crippen LogP contribution in [0.4, 0.5) is 0 Å². The number of imidazole rings is 1. The summed E-state index contributed by atoms with van der Waals surface area (Å²) < 4.78 is 1.16. The summed E-state index contributed by atoms with van der Waals surface area (Å²) in [5.74, 6) is -1.17. The molecule has 0 fully saturated rings. The van der Waals surface area contributed by atoms with E-state index >= 15 is 0 Å². The van der Waals surface area contributed by atoms with Crippen LogP contribution in [0.5, 0.6) is 0 Å². The fourth-order valence-electron chi connectivity index (χ4n) is 1.39. The number of carboxylic acids is 1. The number of aromatic amines is 1. The van der Waals surface area contributed by atoms with Crippen molar-refractivity contribution < 1.29 is 9.90 Å². The monoisotopic (exact) mass is 227 g/mol. The molecule has 2 aromatic rings. The van der Waals surface area contributed by atoms with Gasteiger partial charge in [0.25, 0.3) is 0 Å². The lowest BCUT2D eigenvalue weighted by Gasteiger charge is -1.95. The maximum absolute atomic E-state index is 11.4. The molecule has 2 rings (SSSR count). The molecular formula is C8H6ClN3O3. The van der Waals surface area contributed by atoms with Gasteiger partial charge < -0.3 is 5.11 Å². The van der Waals surface area contributed by atoms with Gasteiger partial charge in [-0.05, 0) is 6.92 Å². The topological polar surface area (TPSA) is 87.5 Å². The molecule has 2 aromatic heterocycles. The SMILES string of the molecule is Cc1c(C(=O)O)nc2cc(Cl)[nH]c(=O)n12. The minimum Gasteiger partial charge on any atom is -0.476 e. The maximum atomic E-state index is 11.4. The summed E-state index contributed by atoms with van der Waals surface area (Å²) in [6.45, 7) is 1.51. The number of nitrogens with zero attached hydrogens (tertiary/aromatic N) is 2. The Balaban J connectivity index is 2.94. The molecule has 0 radical (unpaired) electrons. The predicted octanol–water partition coefficient (Wildman–Crippen LogP) is 0.683. The van der Waals surface area contributed by atoms with Gasteiger partial charge in [-0.3, -0.25) is 4.98 Å². The molecule has 0 unspecified atom stereocenters. The van der Waals surface area contributed by atoms with Crippen LogP contribution in [0.1, 0.15) is 16.2 Å². The van der Waals surface area contributed by atoms with Crippen molar-refractivity contribution in [3.8, 4) is 0 Å². The molecule has 0 aliphatic rings. The Morgan fingerprint density at radius 3 is 2.93 bits per heavy atom. The van der Waals surface area contributed by atoms with Crippen LogP contribution in [0.25, 0.3) is 5.65 Å². The lowest BCUT2D eigenvalue weighted by molar-refractivity contribution is 0.0690. The number of rotatable bonds is 1. The van der Waals surface area contributed by atoms with Gasteiger partial charge in [0.1, 0.15) is 10.8 Å². The molecule has 78 valence electrons. The quantitative estimate of drug-likeness (QED) is 0.702. The van der Waals surface area contributed by atoms with Crippen LogP contribution in [-0.2, 0) is 0 Å². The highest BCUT2D eigenvalue weighted by atomic mass is 35.5. The number of fused-ring (bicyclic) bond motifs is 1. The Kier molecular flexibility index (Phi) is 2.01. The minimum absolute atomic E-state index is 0.120. The highest BCUT2D eigenvalue weighted by Gasteiger charge is 2.16. The zero-order valence-corrected chi connectivity index (χ0v) is 8.37. The van der Waals surface area contributed by atoms with Gasteiger partial charge in [-0.1, -0.05) is 11.6 Å². The summed E-state index contributed by atoms with van der Waals surface area (Å²) >= 11 is 5.61. The number of hydrogen-bond acceptors (Lipinski definition) is 3. The summed E-state index contributed by atoms with van der Waals surface area (Å²) in [4.78, 5) is 28.4. The summed E-state index contributed by atoms with van der Waals surface area (Å²) in [7, 11) is 0. The number of nitrogens with one attached hydrogen (secondary N) is 1. The molecule has 0 spiro atoms. The average Bonchev–Trinajstić information content (AvgIpc) is 2.42. The predicted molar refractivity (Wildman–Crippen MR) is 52.5 cm³/mol. The molecular weight excluding hydrogens is 222 g/mol. The van der Waals surface area contributed by atoms with Gasteiger partial charge >= 0.3 is 11.7 Å². The molecule has 2 heterocycles. The normalized spacial score (nSPS) is 10.8. The fraction of sp³-hybridized carbons (Fsp3) is 0.125. The second-order valence-corrected chi connectivity index (χ2v) is 3.37. The lowest BCUT2D eigenvalue weighted by atomic mass is 10.3. The van der Waals surface area contributed by atoms with Gasteiger partial charge in [0.15, 0.2) is 5.69 Å². The first kappa shape index (κ1) is 9.72. The van der Waals surface area contributed by atoms with Gasteiger partial charge in [0, 0.05) is 6.07 Å². The van der Waals surface area contributed by atoms with Gasteiger partial charge in [0.2, 0.25) is 0 Å². The maximum Gasteiger partial charge on any atom is 0.356 e. The van der Waals surface area contributed by atoms with Crippen molar-refractivity contribution in [2.45, 2.75) is 6.92 Å². The number of halogens is 1. The van der Waals surface area contributed by atoms with E-state index in [4.69, 9.17) is 16.7 Å². The van der Waals surface area contributed by atoms with Crippen molar-refractivity contribution in [2.75, 3.05) is 0 Å². The van der Waals surface area contributed by atoms with Crippen molar-refractivity contribution in [3.63, 3.8) is 0 Å². The van der Waals surface area contributed by atoms with Crippen molar-refractivity contribution in [1.29, 1.82) is 0 Å². The molecule has 0 amide bonds. The standard InChI is InChI=1S/C8H6ClN3O3/c1-3-6(7(13)14)11-5-2-4(9)10-8(15)12(3)5/h2H,1H3,(H,10,15)(H,13,14). The van der Waals surface area contributed by atoms with E-state index in [-0.39, 0.29) is 22.2 Å². The second-order valence-electron chi connectivity index (χ2n) is 2.97. The van der Waals surface area contributed by atoms with Crippen LogP contribution in [0.2, 0.25) is 5.15 Å². The van der Waals surface area contributed by atoms with Crippen molar-refractivity contribution in [1.82, 2.24) is 14.4 Å². The van der Waals surface area contributed by atoms with Crippen molar-refractivity contribution >= 4 is 23.2 Å². The van der Waals surface area contributed by atoms with Crippen LogP contribution in [0.15, 0.2) is 10.9 Å². The largest absolute Gasteiger partial charge is 0.476 e. The minimum atomic E-state index is -1.17. The van der Waals surface area contributed by atoms with E-state index in [9.17, 15) is 9.59 Å². The molecule has 15 heavy (non-hydrogen) atoms. The number of aryl methyl sites for hydroxylation is 1. The van der Waals surface area contributed by atoms with E-state index < -0.39 is 11.7 Å². The lowest BCUT2D eigenvalue weighted by Crippen LogP contribution is -2.17. The Labute approximate surface area is 88.1 Å². The van der Waals surface area contributed by atoms with Gasteiger partial charge in [-0.2, -0.15) is 0 Å². The summed E-state index contributed by atoms with van der Waals surface area (Å²) in [6.07, 6.45) is 0. The Bertz CT molecular complexity index is 613. The molecule has 0 bridgehead atoms. The Hall–Kier alpha value is -1.82. The van der Waals surface area contributed by atoms with E-state index in [1.54, 1.807) is 0 Å². The summed E-state index contributed by atoms with van der Waals surface area (Å²) in [5, 5.41) is 8.93. The van der Waals surface area contributed by atoms with Crippen LogP contribution < -0.4 is 5.69 Å². The van der Waals surface area contributed by atoms with Crippen LogP contribution in [0, 0.1) is 6.92 Å². The number of carboxylic acid groups (broad SMARTS) is 1. The number of hydrogen-bond donors (Lipinski definition) is 2.